The number of thiazole rings is 2. The highest BCUT2D eigenvalue weighted by Gasteiger charge is 2.32. The lowest BCUT2D eigenvalue weighted by Crippen LogP contribution is -2.01. The van der Waals surface area contributed by atoms with Crippen LogP contribution in [0.3, 0.4) is 0 Å². The standard InChI is InChI=1S/C11H10N2O2S2/c1-15-11(14)9-8(6-2-3-6)13-10(17-9)7-4-16-5-12-7/h4-6H,2-3H2,1H3. The van der Waals surface area contributed by atoms with Gasteiger partial charge in [-0.3, -0.25) is 0 Å². The van der Waals surface area contributed by atoms with E-state index in [0.29, 0.717) is 10.8 Å². The summed E-state index contributed by atoms with van der Waals surface area (Å²) < 4.78 is 4.80. The van der Waals surface area contributed by atoms with Crippen LogP contribution in [0.2, 0.25) is 0 Å². The van der Waals surface area contributed by atoms with E-state index in [0.717, 1.165) is 29.2 Å². The van der Waals surface area contributed by atoms with Crippen LogP contribution in [0.25, 0.3) is 10.7 Å². The zero-order chi connectivity index (χ0) is 11.8. The van der Waals surface area contributed by atoms with Crippen molar-refractivity contribution in [2.45, 2.75) is 18.8 Å². The Kier molecular flexibility index (Phi) is 2.68. The van der Waals surface area contributed by atoms with Gasteiger partial charge in [-0.2, -0.15) is 0 Å². The van der Waals surface area contributed by atoms with Gasteiger partial charge in [0, 0.05) is 11.3 Å². The zero-order valence-electron chi connectivity index (χ0n) is 9.17. The lowest BCUT2D eigenvalue weighted by atomic mass is 10.2. The minimum Gasteiger partial charge on any atom is -0.465 e. The van der Waals surface area contributed by atoms with E-state index in [1.807, 2.05) is 5.38 Å². The lowest BCUT2D eigenvalue weighted by molar-refractivity contribution is 0.0604. The number of esters is 1. The second-order valence-electron chi connectivity index (χ2n) is 3.87. The number of carbonyl (C=O) groups excluding carboxylic acids is 1. The molecular weight excluding hydrogens is 256 g/mol. The van der Waals surface area contributed by atoms with Crippen LogP contribution in [0.4, 0.5) is 0 Å². The van der Waals surface area contributed by atoms with Gasteiger partial charge in [0.2, 0.25) is 0 Å². The first-order valence-electron chi connectivity index (χ1n) is 5.27. The van der Waals surface area contributed by atoms with Crippen LogP contribution in [0, 0.1) is 0 Å². The maximum Gasteiger partial charge on any atom is 0.350 e. The van der Waals surface area contributed by atoms with Crippen LogP contribution in [-0.2, 0) is 4.74 Å². The van der Waals surface area contributed by atoms with Crippen molar-refractivity contribution in [3.8, 4) is 10.7 Å². The highest BCUT2D eigenvalue weighted by Crippen LogP contribution is 2.44. The Morgan fingerprint density at radius 1 is 1.53 bits per heavy atom. The molecule has 0 saturated heterocycles. The van der Waals surface area contributed by atoms with Gasteiger partial charge in [-0.15, -0.1) is 22.7 Å². The monoisotopic (exact) mass is 266 g/mol. The van der Waals surface area contributed by atoms with Crippen LogP contribution >= 0.6 is 22.7 Å². The maximum absolute atomic E-state index is 11.7. The molecule has 1 fully saturated rings. The summed E-state index contributed by atoms with van der Waals surface area (Å²) in [6.07, 6.45) is 2.23. The number of methoxy groups -OCH3 is 1. The number of ether oxygens (including phenoxy) is 1. The van der Waals surface area contributed by atoms with Gasteiger partial charge in [-0.05, 0) is 12.8 Å². The Morgan fingerprint density at radius 3 is 2.94 bits per heavy atom. The van der Waals surface area contributed by atoms with Crippen molar-refractivity contribution in [3.63, 3.8) is 0 Å². The van der Waals surface area contributed by atoms with Gasteiger partial charge < -0.3 is 4.74 Å². The van der Waals surface area contributed by atoms with Gasteiger partial charge in [-0.1, -0.05) is 0 Å². The van der Waals surface area contributed by atoms with Gasteiger partial charge >= 0.3 is 5.97 Å². The molecule has 0 N–H and O–H groups in total. The number of hydrogen-bond acceptors (Lipinski definition) is 6. The maximum atomic E-state index is 11.7. The second kappa shape index (κ2) is 4.19. The van der Waals surface area contributed by atoms with Crippen molar-refractivity contribution in [2.75, 3.05) is 7.11 Å². The number of nitrogens with zero attached hydrogens (tertiary/aromatic N) is 2. The van der Waals surface area contributed by atoms with Gasteiger partial charge in [0.25, 0.3) is 0 Å². The van der Waals surface area contributed by atoms with Crippen molar-refractivity contribution in [1.29, 1.82) is 0 Å². The third kappa shape index (κ3) is 1.98. The molecule has 0 radical (unpaired) electrons. The molecule has 2 heterocycles. The van der Waals surface area contributed by atoms with Crippen molar-refractivity contribution in [3.05, 3.63) is 21.5 Å². The third-order valence-corrected chi connectivity index (χ3v) is 4.30. The van der Waals surface area contributed by atoms with E-state index in [9.17, 15) is 4.79 Å². The first-order chi connectivity index (χ1) is 8.29. The fourth-order valence-electron chi connectivity index (χ4n) is 1.63. The molecule has 0 spiro atoms. The molecule has 3 rings (SSSR count). The van der Waals surface area contributed by atoms with E-state index in [-0.39, 0.29) is 5.97 Å². The van der Waals surface area contributed by atoms with E-state index in [2.05, 4.69) is 9.97 Å². The van der Waals surface area contributed by atoms with Crippen molar-refractivity contribution in [2.24, 2.45) is 0 Å². The predicted molar refractivity (Wildman–Crippen MR) is 66.5 cm³/mol. The fourth-order valence-corrected chi connectivity index (χ4v) is 3.28. The van der Waals surface area contributed by atoms with Crippen LogP contribution in [0.15, 0.2) is 10.9 Å². The Hall–Kier alpha value is -1.27. The van der Waals surface area contributed by atoms with E-state index < -0.39 is 0 Å². The first-order valence-corrected chi connectivity index (χ1v) is 7.03. The summed E-state index contributed by atoms with van der Waals surface area (Å²) >= 11 is 2.90. The number of rotatable bonds is 3. The molecule has 88 valence electrons. The summed E-state index contributed by atoms with van der Waals surface area (Å²) in [4.78, 5) is 21.1. The molecule has 0 bridgehead atoms. The summed E-state index contributed by atoms with van der Waals surface area (Å²) in [7, 11) is 1.40. The Labute approximate surface area is 106 Å². The average molecular weight is 266 g/mol. The number of hydrogen-bond donors (Lipinski definition) is 0. The van der Waals surface area contributed by atoms with Crippen molar-refractivity contribution < 1.29 is 9.53 Å². The summed E-state index contributed by atoms with van der Waals surface area (Å²) in [5.74, 6) is 0.151. The molecule has 1 aliphatic rings. The molecule has 6 heteroatoms. The van der Waals surface area contributed by atoms with Crippen LogP contribution in [-0.4, -0.2) is 23.0 Å². The quantitative estimate of drug-likeness (QED) is 0.801. The smallest absolute Gasteiger partial charge is 0.350 e. The van der Waals surface area contributed by atoms with E-state index >= 15 is 0 Å². The molecule has 4 nitrogen and oxygen atoms in total. The van der Waals surface area contributed by atoms with E-state index in [1.165, 1.54) is 29.8 Å². The summed E-state index contributed by atoms with van der Waals surface area (Å²) in [6.45, 7) is 0. The minimum absolute atomic E-state index is 0.286. The van der Waals surface area contributed by atoms with E-state index in [1.54, 1.807) is 5.51 Å². The fraction of sp³-hybridized carbons (Fsp3) is 0.364. The second-order valence-corrected chi connectivity index (χ2v) is 5.59. The largest absolute Gasteiger partial charge is 0.465 e. The number of aromatic nitrogens is 2. The zero-order valence-corrected chi connectivity index (χ0v) is 10.8. The van der Waals surface area contributed by atoms with Crippen molar-refractivity contribution >= 4 is 28.6 Å². The van der Waals surface area contributed by atoms with Crippen LogP contribution in [0.5, 0.6) is 0 Å². The minimum atomic E-state index is -0.286. The molecule has 1 aliphatic carbocycles. The molecule has 0 atom stereocenters. The van der Waals surface area contributed by atoms with Crippen LogP contribution < -0.4 is 0 Å². The third-order valence-electron chi connectivity index (χ3n) is 2.64. The predicted octanol–water partition coefficient (Wildman–Crippen LogP) is 2.93. The molecule has 17 heavy (non-hydrogen) atoms. The summed E-state index contributed by atoms with van der Waals surface area (Å²) in [5.41, 5.74) is 3.51. The highest BCUT2D eigenvalue weighted by atomic mass is 32.1. The molecule has 0 unspecified atom stereocenters. The Morgan fingerprint density at radius 2 is 2.35 bits per heavy atom. The number of carbonyl (C=O) groups is 1. The Bertz CT molecular complexity index is 544. The van der Waals surface area contributed by atoms with Gasteiger partial charge in [0.1, 0.15) is 15.6 Å². The molecule has 1 saturated carbocycles. The summed E-state index contributed by atoms with van der Waals surface area (Å²) in [6, 6.07) is 0. The summed E-state index contributed by atoms with van der Waals surface area (Å²) in [5, 5.41) is 2.75. The molecule has 2 aromatic rings. The van der Waals surface area contributed by atoms with E-state index in [4.69, 9.17) is 4.74 Å². The van der Waals surface area contributed by atoms with Crippen molar-refractivity contribution in [1.82, 2.24) is 9.97 Å². The SMILES string of the molecule is COC(=O)c1sc(-c2cscn2)nc1C1CC1. The normalized spacial score (nSPS) is 14.9. The molecule has 0 aliphatic heterocycles. The Balaban J connectivity index is 2.04. The molecule has 0 amide bonds. The average Bonchev–Trinajstić information content (AvgIpc) is 2.90. The molecule has 0 aromatic carbocycles. The van der Waals surface area contributed by atoms with Crippen LogP contribution in [0.1, 0.15) is 34.1 Å². The molecular formula is C11H10N2O2S2. The van der Waals surface area contributed by atoms with Gasteiger partial charge in [-0.25, -0.2) is 14.8 Å². The molecule has 2 aromatic heterocycles. The highest BCUT2D eigenvalue weighted by molar-refractivity contribution is 7.17. The first kappa shape index (κ1) is 10.9. The van der Waals surface area contributed by atoms with Gasteiger partial charge in [0.15, 0.2) is 0 Å². The topological polar surface area (TPSA) is 52.1 Å². The van der Waals surface area contributed by atoms with Gasteiger partial charge in [0.05, 0.1) is 18.3 Å². The lowest BCUT2D eigenvalue weighted by Gasteiger charge is -1.96.